The van der Waals surface area contributed by atoms with E-state index in [2.05, 4.69) is 62.3 Å². The summed E-state index contributed by atoms with van der Waals surface area (Å²) in [5.74, 6) is 0.841. The van der Waals surface area contributed by atoms with Crippen LogP contribution >= 0.6 is 7.94 Å². The van der Waals surface area contributed by atoms with Gasteiger partial charge in [0.1, 0.15) is 11.2 Å². The molecule has 3 nitrogen and oxygen atoms in total. The average molecular weight is 496 g/mol. The SMILES string of the molecule is CCCCCC(C)(C)O[P+](Oc1ccccc1)(OC(C)(C)CCCCC)C(C)(C)CCCCC. The van der Waals surface area contributed by atoms with Gasteiger partial charge in [-0.25, -0.2) is 0 Å². The van der Waals surface area contributed by atoms with Crippen molar-refractivity contribution in [2.45, 2.75) is 156 Å². The lowest BCUT2D eigenvalue weighted by Crippen LogP contribution is -2.41. The minimum atomic E-state index is -2.80. The van der Waals surface area contributed by atoms with Gasteiger partial charge in [0, 0.05) is 0 Å². The minimum absolute atomic E-state index is 0.234. The standard InChI is InChI=1S/C30H56O3P/c1-10-13-19-24-28(4,5)32-34(30(8,9)26-21-15-12-3,31-27-22-17-16-18-23-27)33-29(6,7)25-20-14-11-2/h16-18,22-23H,10-15,19-21,24-26H2,1-9H3/q+1. The van der Waals surface area contributed by atoms with E-state index in [1.165, 1.54) is 38.5 Å². The number of para-hydroxylation sites is 1. The van der Waals surface area contributed by atoms with Gasteiger partial charge in [-0.3, -0.25) is 4.52 Å². The molecule has 0 aliphatic carbocycles. The third kappa shape index (κ3) is 11.0. The Balaban J connectivity index is 3.44. The van der Waals surface area contributed by atoms with E-state index in [9.17, 15) is 0 Å². The van der Waals surface area contributed by atoms with Crippen LogP contribution in [-0.4, -0.2) is 16.4 Å². The van der Waals surface area contributed by atoms with Crippen LogP contribution in [0.5, 0.6) is 5.75 Å². The fourth-order valence-electron chi connectivity index (χ4n) is 4.33. The molecule has 0 fully saturated rings. The number of hydrogen-bond acceptors (Lipinski definition) is 3. The van der Waals surface area contributed by atoms with Gasteiger partial charge in [-0.1, -0.05) is 90.3 Å². The van der Waals surface area contributed by atoms with Gasteiger partial charge in [-0.2, -0.15) is 9.05 Å². The molecule has 0 saturated heterocycles. The molecule has 0 bridgehead atoms. The molecule has 198 valence electrons. The Morgan fingerprint density at radius 1 is 0.588 bits per heavy atom. The van der Waals surface area contributed by atoms with E-state index in [1.54, 1.807) is 0 Å². The first kappa shape index (κ1) is 31.4. The number of benzene rings is 1. The second-order valence-electron chi connectivity index (χ2n) is 11.8. The smallest absolute Gasteiger partial charge is 0.286 e. The summed E-state index contributed by atoms with van der Waals surface area (Å²) in [7, 11) is -2.80. The molecule has 0 N–H and O–H groups in total. The molecule has 0 spiro atoms. The van der Waals surface area contributed by atoms with Crippen LogP contribution in [-0.2, 0) is 9.05 Å². The maximum atomic E-state index is 7.18. The van der Waals surface area contributed by atoms with E-state index in [4.69, 9.17) is 13.6 Å². The van der Waals surface area contributed by atoms with Crippen LogP contribution in [0.15, 0.2) is 30.3 Å². The van der Waals surface area contributed by atoms with E-state index >= 15 is 0 Å². The largest absolute Gasteiger partial charge is 0.463 e. The zero-order valence-corrected chi connectivity index (χ0v) is 24.9. The third-order valence-corrected chi connectivity index (χ3v) is 10.2. The zero-order chi connectivity index (χ0) is 25.7. The van der Waals surface area contributed by atoms with Crippen LogP contribution in [0.4, 0.5) is 0 Å². The summed E-state index contributed by atoms with van der Waals surface area (Å²) in [4.78, 5) is 0. The Hall–Kier alpha value is -0.630. The summed E-state index contributed by atoms with van der Waals surface area (Å²) in [6.07, 6.45) is 13.8. The van der Waals surface area contributed by atoms with Crippen molar-refractivity contribution in [3.8, 4) is 5.75 Å². The van der Waals surface area contributed by atoms with Crippen LogP contribution in [0, 0.1) is 0 Å². The molecule has 34 heavy (non-hydrogen) atoms. The molecule has 0 heterocycles. The minimum Gasteiger partial charge on any atom is -0.286 e. The van der Waals surface area contributed by atoms with Gasteiger partial charge in [0.25, 0.3) is 0 Å². The van der Waals surface area contributed by atoms with Crippen LogP contribution in [0.1, 0.15) is 139 Å². The van der Waals surface area contributed by atoms with Gasteiger partial charge in [0.2, 0.25) is 0 Å². The number of unbranched alkanes of at least 4 members (excludes halogenated alkanes) is 6. The van der Waals surface area contributed by atoms with Crippen molar-refractivity contribution in [1.82, 2.24) is 0 Å². The van der Waals surface area contributed by atoms with Gasteiger partial charge in [0.05, 0.1) is 0 Å². The quantitative estimate of drug-likeness (QED) is 0.141. The molecule has 0 unspecified atom stereocenters. The first-order valence-corrected chi connectivity index (χ1v) is 15.5. The molecule has 0 saturated carbocycles. The molecule has 0 amide bonds. The Morgan fingerprint density at radius 2 is 1.00 bits per heavy atom. The topological polar surface area (TPSA) is 27.7 Å². The normalized spacial score (nSPS) is 13.3. The lowest BCUT2D eigenvalue weighted by molar-refractivity contribution is -0.000333. The second kappa shape index (κ2) is 14.8. The highest BCUT2D eigenvalue weighted by atomic mass is 31.2. The monoisotopic (exact) mass is 495 g/mol. The van der Waals surface area contributed by atoms with Gasteiger partial charge in [-0.05, 0) is 79.4 Å². The van der Waals surface area contributed by atoms with Crippen molar-refractivity contribution in [2.24, 2.45) is 0 Å². The highest BCUT2D eigenvalue weighted by Gasteiger charge is 2.65. The summed E-state index contributed by atoms with van der Waals surface area (Å²) in [5, 5.41) is -0.234. The molecule has 4 heteroatoms. The summed E-state index contributed by atoms with van der Waals surface area (Å²) in [6.45, 7) is 20.3. The van der Waals surface area contributed by atoms with Gasteiger partial charge < -0.3 is 0 Å². The van der Waals surface area contributed by atoms with E-state index in [1.807, 2.05) is 30.3 Å². The number of rotatable bonds is 19. The molecule has 0 aliphatic heterocycles. The fourth-order valence-corrected chi connectivity index (χ4v) is 7.50. The molecule has 0 radical (unpaired) electrons. The first-order chi connectivity index (χ1) is 15.9. The number of hydrogen-bond donors (Lipinski definition) is 0. The van der Waals surface area contributed by atoms with Crippen molar-refractivity contribution < 1.29 is 13.6 Å². The summed E-state index contributed by atoms with van der Waals surface area (Å²) >= 11 is 0. The van der Waals surface area contributed by atoms with Crippen LogP contribution < -0.4 is 4.52 Å². The molecular weight excluding hydrogens is 439 g/mol. The molecular formula is C30H56O3P+. The fraction of sp³-hybridized carbons (Fsp3) is 0.800. The molecule has 0 atom stereocenters. The Labute approximate surface area is 213 Å². The summed E-state index contributed by atoms with van der Waals surface area (Å²) in [6, 6.07) is 10.2. The molecule has 0 aromatic heterocycles. The summed E-state index contributed by atoms with van der Waals surface area (Å²) < 4.78 is 21.3. The van der Waals surface area contributed by atoms with Gasteiger partial charge in [0.15, 0.2) is 10.9 Å². The van der Waals surface area contributed by atoms with Crippen molar-refractivity contribution >= 4 is 7.94 Å². The predicted octanol–water partition coefficient (Wildman–Crippen LogP) is 10.9. The van der Waals surface area contributed by atoms with Crippen LogP contribution in [0.3, 0.4) is 0 Å². The Morgan fingerprint density at radius 3 is 1.41 bits per heavy atom. The molecule has 1 aromatic carbocycles. The molecule has 1 aromatic rings. The first-order valence-electron chi connectivity index (χ1n) is 14.0. The van der Waals surface area contributed by atoms with E-state index in [-0.39, 0.29) is 16.4 Å². The third-order valence-electron chi connectivity index (χ3n) is 6.60. The predicted molar refractivity (Wildman–Crippen MR) is 151 cm³/mol. The van der Waals surface area contributed by atoms with Gasteiger partial charge in [-0.15, -0.1) is 0 Å². The maximum Gasteiger partial charge on any atom is 0.463 e. The highest BCUT2D eigenvalue weighted by molar-refractivity contribution is 7.63. The van der Waals surface area contributed by atoms with Crippen LogP contribution in [0.25, 0.3) is 0 Å². The summed E-state index contributed by atoms with van der Waals surface area (Å²) in [5.41, 5.74) is -0.640. The lowest BCUT2D eigenvalue weighted by Gasteiger charge is -2.42. The van der Waals surface area contributed by atoms with Crippen molar-refractivity contribution in [3.05, 3.63) is 30.3 Å². The van der Waals surface area contributed by atoms with Crippen LogP contribution in [0.2, 0.25) is 0 Å². The Kier molecular flexibility index (Phi) is 13.7. The molecule has 1 rings (SSSR count). The van der Waals surface area contributed by atoms with Crippen molar-refractivity contribution in [3.63, 3.8) is 0 Å². The van der Waals surface area contributed by atoms with E-state index < -0.39 is 7.94 Å². The highest BCUT2D eigenvalue weighted by Crippen LogP contribution is 2.75. The Bertz CT molecular complexity index is 630. The second-order valence-corrected chi connectivity index (χ2v) is 14.5. The maximum absolute atomic E-state index is 7.18. The van der Waals surface area contributed by atoms with E-state index in [0.717, 1.165) is 44.3 Å². The van der Waals surface area contributed by atoms with Crippen molar-refractivity contribution in [1.29, 1.82) is 0 Å². The lowest BCUT2D eigenvalue weighted by atomic mass is 10.0. The molecule has 0 aliphatic rings. The zero-order valence-electron chi connectivity index (χ0n) is 24.0. The van der Waals surface area contributed by atoms with Crippen molar-refractivity contribution in [2.75, 3.05) is 0 Å². The van der Waals surface area contributed by atoms with Gasteiger partial charge >= 0.3 is 7.94 Å². The average Bonchev–Trinajstić information content (AvgIpc) is 2.74. The van der Waals surface area contributed by atoms with E-state index in [0.29, 0.717) is 0 Å².